The predicted octanol–water partition coefficient (Wildman–Crippen LogP) is 1.10. The van der Waals surface area contributed by atoms with Crippen LogP contribution in [0.1, 0.15) is 37.9 Å². The number of aromatic nitrogens is 4. The minimum atomic E-state index is 0.169. The molecule has 0 radical (unpaired) electrons. The van der Waals surface area contributed by atoms with Gasteiger partial charge in [0.25, 0.3) is 0 Å². The third kappa shape index (κ3) is 2.16. The Kier molecular flexibility index (Phi) is 3.35. The quantitative estimate of drug-likeness (QED) is 0.917. The standard InChI is InChI=1S/C14H22N6O/c1-4-5-10-12-13(19(3)17-10)20(14(15)16-12)9-6-7-11(21)18(2)8-9/h9H,4-8H2,1-3H3,(H2,15,16). The Bertz CT molecular complexity index is 685. The van der Waals surface area contributed by atoms with Crippen LogP contribution in [0.4, 0.5) is 5.95 Å². The lowest BCUT2D eigenvalue weighted by Crippen LogP contribution is -2.38. The number of likely N-dealkylation sites (N-methyl/N-ethyl adjacent to an activating group) is 1. The van der Waals surface area contributed by atoms with Crippen LogP contribution in [0.2, 0.25) is 0 Å². The van der Waals surface area contributed by atoms with Crippen molar-refractivity contribution in [2.24, 2.45) is 7.05 Å². The van der Waals surface area contributed by atoms with Crippen molar-refractivity contribution >= 4 is 23.0 Å². The second-order valence-electron chi connectivity index (χ2n) is 5.80. The zero-order chi connectivity index (χ0) is 15.1. The average molecular weight is 290 g/mol. The molecule has 0 aliphatic carbocycles. The first-order valence-electron chi connectivity index (χ1n) is 7.46. The van der Waals surface area contributed by atoms with E-state index in [0.29, 0.717) is 18.9 Å². The number of nitrogens with zero attached hydrogens (tertiary/aromatic N) is 5. The van der Waals surface area contributed by atoms with Crippen LogP contribution in [-0.4, -0.2) is 43.7 Å². The van der Waals surface area contributed by atoms with E-state index in [2.05, 4.69) is 17.0 Å². The summed E-state index contributed by atoms with van der Waals surface area (Å²) in [6, 6.07) is 0.169. The van der Waals surface area contributed by atoms with Crippen molar-refractivity contribution in [1.29, 1.82) is 0 Å². The van der Waals surface area contributed by atoms with Crippen molar-refractivity contribution in [3.8, 4) is 0 Å². The summed E-state index contributed by atoms with van der Waals surface area (Å²) in [4.78, 5) is 18.0. The summed E-state index contributed by atoms with van der Waals surface area (Å²) in [6.07, 6.45) is 3.28. The van der Waals surface area contributed by atoms with Gasteiger partial charge in [-0.25, -0.2) is 4.98 Å². The lowest BCUT2D eigenvalue weighted by atomic mass is 10.1. The zero-order valence-corrected chi connectivity index (χ0v) is 12.8. The van der Waals surface area contributed by atoms with Gasteiger partial charge in [0.15, 0.2) is 5.65 Å². The molecule has 3 heterocycles. The zero-order valence-electron chi connectivity index (χ0n) is 12.8. The fourth-order valence-electron chi connectivity index (χ4n) is 3.19. The molecule has 2 aromatic heterocycles. The number of carbonyl (C=O) groups is 1. The Morgan fingerprint density at radius 3 is 2.81 bits per heavy atom. The predicted molar refractivity (Wildman–Crippen MR) is 80.8 cm³/mol. The van der Waals surface area contributed by atoms with Crippen LogP contribution in [0.15, 0.2) is 0 Å². The van der Waals surface area contributed by atoms with E-state index in [0.717, 1.165) is 36.1 Å². The number of fused-ring (bicyclic) bond motifs is 1. The van der Waals surface area contributed by atoms with Gasteiger partial charge >= 0.3 is 0 Å². The van der Waals surface area contributed by atoms with Crippen molar-refractivity contribution in [2.45, 2.75) is 38.6 Å². The Hall–Kier alpha value is -2.05. The van der Waals surface area contributed by atoms with E-state index < -0.39 is 0 Å². The van der Waals surface area contributed by atoms with E-state index in [1.807, 2.05) is 23.3 Å². The number of hydrogen-bond acceptors (Lipinski definition) is 4. The molecule has 1 atom stereocenters. The SMILES string of the molecule is CCCc1nn(C)c2c1nc(N)n2C1CCC(=O)N(C)C1. The lowest BCUT2D eigenvalue weighted by Gasteiger charge is -2.31. The number of imidazole rings is 1. The van der Waals surface area contributed by atoms with Crippen LogP contribution >= 0.6 is 0 Å². The van der Waals surface area contributed by atoms with E-state index in [9.17, 15) is 4.79 Å². The number of anilines is 1. The highest BCUT2D eigenvalue weighted by Gasteiger charge is 2.28. The fraction of sp³-hybridized carbons (Fsp3) is 0.643. The summed E-state index contributed by atoms with van der Waals surface area (Å²) in [6.45, 7) is 2.80. The summed E-state index contributed by atoms with van der Waals surface area (Å²) in [7, 11) is 3.77. The molecule has 1 saturated heterocycles. The first kappa shape index (κ1) is 13.9. The number of rotatable bonds is 3. The second-order valence-corrected chi connectivity index (χ2v) is 5.80. The Morgan fingerprint density at radius 2 is 2.14 bits per heavy atom. The molecule has 21 heavy (non-hydrogen) atoms. The normalized spacial score (nSPS) is 19.7. The van der Waals surface area contributed by atoms with Crippen LogP contribution < -0.4 is 5.73 Å². The minimum absolute atomic E-state index is 0.169. The topological polar surface area (TPSA) is 82.0 Å². The van der Waals surface area contributed by atoms with E-state index >= 15 is 0 Å². The summed E-state index contributed by atoms with van der Waals surface area (Å²) < 4.78 is 3.91. The maximum atomic E-state index is 11.7. The van der Waals surface area contributed by atoms with Gasteiger partial charge in [0.05, 0.1) is 11.7 Å². The Morgan fingerprint density at radius 1 is 1.38 bits per heavy atom. The highest BCUT2D eigenvalue weighted by molar-refractivity contribution is 5.79. The number of aryl methyl sites for hydroxylation is 2. The van der Waals surface area contributed by atoms with Crippen LogP contribution in [-0.2, 0) is 18.3 Å². The molecule has 1 unspecified atom stereocenters. The van der Waals surface area contributed by atoms with Crippen LogP contribution in [0.5, 0.6) is 0 Å². The number of nitrogen functional groups attached to an aromatic ring is 1. The largest absolute Gasteiger partial charge is 0.369 e. The van der Waals surface area contributed by atoms with E-state index in [1.54, 1.807) is 4.90 Å². The van der Waals surface area contributed by atoms with Gasteiger partial charge in [0, 0.05) is 27.1 Å². The van der Waals surface area contributed by atoms with E-state index in [-0.39, 0.29) is 11.9 Å². The molecule has 114 valence electrons. The van der Waals surface area contributed by atoms with Crippen LogP contribution in [0, 0.1) is 0 Å². The molecule has 2 N–H and O–H groups in total. The van der Waals surface area contributed by atoms with Crippen molar-refractivity contribution in [3.63, 3.8) is 0 Å². The maximum Gasteiger partial charge on any atom is 0.222 e. The summed E-state index contributed by atoms with van der Waals surface area (Å²) in [5.41, 5.74) is 9.01. The molecular weight excluding hydrogens is 268 g/mol. The first-order valence-corrected chi connectivity index (χ1v) is 7.46. The fourth-order valence-corrected chi connectivity index (χ4v) is 3.19. The first-order chi connectivity index (χ1) is 10.0. The number of carbonyl (C=O) groups excluding carboxylic acids is 1. The molecule has 7 heteroatoms. The van der Waals surface area contributed by atoms with Gasteiger partial charge in [0.2, 0.25) is 11.9 Å². The van der Waals surface area contributed by atoms with E-state index in [1.165, 1.54) is 0 Å². The molecule has 1 aliphatic heterocycles. The van der Waals surface area contributed by atoms with Gasteiger partial charge in [0.1, 0.15) is 5.52 Å². The molecule has 1 amide bonds. The molecule has 0 bridgehead atoms. The molecule has 7 nitrogen and oxygen atoms in total. The monoisotopic (exact) mass is 290 g/mol. The number of hydrogen-bond donors (Lipinski definition) is 1. The minimum Gasteiger partial charge on any atom is -0.369 e. The second kappa shape index (κ2) is 5.05. The van der Waals surface area contributed by atoms with Crippen molar-refractivity contribution < 1.29 is 4.79 Å². The molecule has 1 fully saturated rings. The van der Waals surface area contributed by atoms with Crippen molar-refractivity contribution in [2.75, 3.05) is 19.3 Å². The third-order valence-corrected chi connectivity index (χ3v) is 4.22. The van der Waals surface area contributed by atoms with Crippen molar-refractivity contribution in [1.82, 2.24) is 24.2 Å². The van der Waals surface area contributed by atoms with Gasteiger partial charge in [-0.05, 0) is 12.8 Å². The number of piperidine rings is 1. The Balaban J connectivity index is 2.06. The molecule has 0 spiro atoms. The molecule has 0 saturated carbocycles. The Labute approximate surface area is 123 Å². The van der Waals surface area contributed by atoms with E-state index in [4.69, 9.17) is 5.73 Å². The number of nitrogens with two attached hydrogens (primary N) is 1. The van der Waals surface area contributed by atoms with Gasteiger partial charge in [-0.3, -0.25) is 14.0 Å². The third-order valence-electron chi connectivity index (χ3n) is 4.22. The van der Waals surface area contributed by atoms with Gasteiger partial charge < -0.3 is 10.6 Å². The highest BCUT2D eigenvalue weighted by Crippen LogP contribution is 2.30. The number of likely N-dealkylation sites (tertiary alicyclic amines) is 1. The van der Waals surface area contributed by atoms with Crippen LogP contribution in [0.3, 0.4) is 0 Å². The van der Waals surface area contributed by atoms with Gasteiger partial charge in [-0.15, -0.1) is 0 Å². The molecule has 1 aliphatic rings. The molecule has 3 rings (SSSR count). The maximum absolute atomic E-state index is 11.7. The summed E-state index contributed by atoms with van der Waals surface area (Å²) in [5.74, 6) is 0.709. The van der Waals surface area contributed by atoms with Crippen molar-refractivity contribution in [3.05, 3.63) is 5.69 Å². The average Bonchev–Trinajstić information content (AvgIpc) is 2.92. The molecular formula is C14H22N6O. The van der Waals surface area contributed by atoms with Gasteiger partial charge in [-0.2, -0.15) is 5.10 Å². The number of amides is 1. The lowest BCUT2D eigenvalue weighted by molar-refractivity contribution is -0.132. The molecule has 0 aromatic carbocycles. The smallest absolute Gasteiger partial charge is 0.222 e. The highest BCUT2D eigenvalue weighted by atomic mass is 16.2. The van der Waals surface area contributed by atoms with Gasteiger partial charge in [-0.1, -0.05) is 13.3 Å². The molecule has 2 aromatic rings. The summed E-state index contributed by atoms with van der Waals surface area (Å²) >= 11 is 0. The van der Waals surface area contributed by atoms with Crippen LogP contribution in [0.25, 0.3) is 11.2 Å². The summed E-state index contributed by atoms with van der Waals surface area (Å²) in [5, 5.41) is 4.57.